The Bertz CT molecular complexity index is 727. The monoisotopic (exact) mass is 420 g/mol. The van der Waals surface area contributed by atoms with Gasteiger partial charge in [0.25, 0.3) is 0 Å². The molecule has 28 heavy (non-hydrogen) atoms. The summed E-state index contributed by atoms with van der Waals surface area (Å²) in [4.78, 5) is 11.9. The number of ether oxygens (including phenoxy) is 1. The first kappa shape index (κ1) is 22.5. The summed E-state index contributed by atoms with van der Waals surface area (Å²) in [6.07, 6.45) is 12.2. The smallest absolute Gasteiger partial charge is 0.310 e. The van der Waals surface area contributed by atoms with Gasteiger partial charge in [0.1, 0.15) is 17.3 Å². The van der Waals surface area contributed by atoms with E-state index in [1.807, 2.05) is 40.7 Å². The molecule has 152 valence electrons. The van der Waals surface area contributed by atoms with Gasteiger partial charge in [-0.1, -0.05) is 51.8 Å². The van der Waals surface area contributed by atoms with E-state index in [0.717, 1.165) is 23.7 Å². The van der Waals surface area contributed by atoms with Gasteiger partial charge in [0.15, 0.2) is 0 Å². The zero-order valence-corrected chi connectivity index (χ0v) is 18.0. The predicted molar refractivity (Wildman–Crippen MR) is 119 cm³/mol. The summed E-state index contributed by atoms with van der Waals surface area (Å²) in [5, 5.41) is 19.7. The summed E-state index contributed by atoms with van der Waals surface area (Å²) in [6, 6.07) is 4.42. The molecule has 0 aliphatic carbocycles. The topological polar surface area (TPSA) is 66.8 Å². The van der Waals surface area contributed by atoms with Crippen LogP contribution in [0.4, 0.5) is 0 Å². The maximum atomic E-state index is 11.9. The average Bonchev–Trinajstić information content (AvgIpc) is 3.14. The van der Waals surface area contributed by atoms with Crippen molar-refractivity contribution in [3.05, 3.63) is 53.3 Å². The standard InChI is InChI=1S/C22H28O4S2/c1-16(8-10-18-13-19(23)15-20(24)14-18)7-9-17(2)26-22(25)6-4-3-5-21-11-12-27-28-21/h7-10,13-15,21,23-24H,3-6,11-12H2,1-2H3. The molecule has 1 saturated heterocycles. The number of benzene rings is 1. The van der Waals surface area contributed by atoms with Crippen LogP contribution in [-0.2, 0) is 9.53 Å². The van der Waals surface area contributed by atoms with Crippen molar-refractivity contribution in [3.63, 3.8) is 0 Å². The second kappa shape index (κ2) is 11.9. The summed E-state index contributed by atoms with van der Waals surface area (Å²) in [7, 11) is 3.93. The Labute approximate surface area is 175 Å². The number of phenolic OH excluding ortho intramolecular Hbond substituents is 2. The molecule has 0 aromatic heterocycles. The number of hydrogen-bond acceptors (Lipinski definition) is 6. The molecule has 1 aliphatic heterocycles. The van der Waals surface area contributed by atoms with Crippen LogP contribution in [0.1, 0.15) is 51.5 Å². The number of esters is 1. The van der Waals surface area contributed by atoms with Gasteiger partial charge >= 0.3 is 5.97 Å². The van der Waals surface area contributed by atoms with Crippen LogP contribution in [-0.4, -0.2) is 27.2 Å². The molecule has 0 saturated carbocycles. The lowest BCUT2D eigenvalue weighted by Crippen LogP contribution is -2.03. The van der Waals surface area contributed by atoms with Crippen LogP contribution in [0.3, 0.4) is 0 Å². The first-order chi connectivity index (χ1) is 13.4. The van der Waals surface area contributed by atoms with Gasteiger partial charge in [-0.3, -0.25) is 4.79 Å². The van der Waals surface area contributed by atoms with Crippen molar-refractivity contribution in [2.24, 2.45) is 0 Å². The second-order valence-electron chi connectivity index (χ2n) is 6.85. The molecule has 0 amide bonds. The third-order valence-electron chi connectivity index (χ3n) is 4.20. The van der Waals surface area contributed by atoms with Crippen LogP contribution in [0.5, 0.6) is 11.5 Å². The molecule has 0 radical (unpaired) electrons. The Morgan fingerprint density at radius 1 is 1.18 bits per heavy atom. The lowest BCUT2D eigenvalue weighted by molar-refractivity contribution is -0.139. The van der Waals surface area contributed by atoms with Crippen molar-refractivity contribution >= 4 is 33.6 Å². The van der Waals surface area contributed by atoms with Gasteiger partial charge in [0.2, 0.25) is 0 Å². The number of rotatable bonds is 9. The molecule has 1 heterocycles. The second-order valence-corrected chi connectivity index (χ2v) is 9.64. The Morgan fingerprint density at radius 2 is 1.93 bits per heavy atom. The Balaban J connectivity index is 1.73. The van der Waals surface area contributed by atoms with Crippen molar-refractivity contribution < 1.29 is 19.7 Å². The first-order valence-corrected chi connectivity index (χ1v) is 11.9. The minimum atomic E-state index is -0.181. The van der Waals surface area contributed by atoms with E-state index < -0.39 is 0 Å². The van der Waals surface area contributed by atoms with Crippen molar-refractivity contribution in [2.45, 2.75) is 51.2 Å². The fourth-order valence-electron chi connectivity index (χ4n) is 2.72. The van der Waals surface area contributed by atoms with E-state index in [-0.39, 0.29) is 17.5 Å². The van der Waals surface area contributed by atoms with Crippen LogP contribution >= 0.6 is 21.6 Å². The first-order valence-electron chi connectivity index (χ1n) is 9.47. The Kier molecular flexibility index (Phi) is 9.58. The molecule has 1 unspecified atom stereocenters. The SMILES string of the molecule is CC(C=Cc1cc(O)cc(O)c1)=CC=C(C)OC(=O)CCCCC1CCSS1. The van der Waals surface area contributed by atoms with Crippen LogP contribution in [0.15, 0.2) is 47.8 Å². The molecular formula is C22H28O4S2. The molecular weight excluding hydrogens is 392 g/mol. The van der Waals surface area contributed by atoms with E-state index in [0.29, 0.717) is 17.7 Å². The number of allylic oxidation sites excluding steroid dienone is 5. The number of carbonyl (C=O) groups is 1. The van der Waals surface area contributed by atoms with Gasteiger partial charge in [0, 0.05) is 23.5 Å². The highest BCUT2D eigenvalue weighted by atomic mass is 33.1. The number of hydrogen-bond donors (Lipinski definition) is 2. The third-order valence-corrected chi connectivity index (χ3v) is 7.21. The molecule has 1 aliphatic rings. The van der Waals surface area contributed by atoms with Gasteiger partial charge in [-0.25, -0.2) is 0 Å². The van der Waals surface area contributed by atoms with Crippen molar-refractivity contribution in [1.29, 1.82) is 0 Å². The number of unbranched alkanes of at least 4 members (excludes halogenated alkanes) is 1. The lowest BCUT2D eigenvalue weighted by Gasteiger charge is -2.07. The molecule has 0 spiro atoms. The molecule has 4 nitrogen and oxygen atoms in total. The molecule has 0 bridgehead atoms. The van der Waals surface area contributed by atoms with Crippen LogP contribution in [0.2, 0.25) is 0 Å². The van der Waals surface area contributed by atoms with Crippen LogP contribution in [0.25, 0.3) is 6.08 Å². The predicted octanol–water partition coefficient (Wildman–Crippen LogP) is 6.22. The fraction of sp³-hybridized carbons (Fsp3) is 0.409. The highest BCUT2D eigenvalue weighted by molar-refractivity contribution is 8.77. The average molecular weight is 421 g/mol. The van der Waals surface area contributed by atoms with Crippen molar-refractivity contribution in [3.8, 4) is 11.5 Å². The summed E-state index contributed by atoms with van der Waals surface area (Å²) >= 11 is 0. The quantitative estimate of drug-likeness (QED) is 0.163. The summed E-state index contributed by atoms with van der Waals surface area (Å²) in [5.41, 5.74) is 1.65. The number of carbonyl (C=O) groups excluding carboxylic acids is 1. The zero-order valence-electron chi connectivity index (χ0n) is 16.4. The molecule has 6 heteroatoms. The normalized spacial score (nSPS) is 18.0. The fourth-order valence-corrected chi connectivity index (χ4v) is 5.74. The van der Waals surface area contributed by atoms with E-state index in [1.54, 1.807) is 31.2 Å². The van der Waals surface area contributed by atoms with E-state index in [1.165, 1.54) is 24.7 Å². The van der Waals surface area contributed by atoms with Crippen molar-refractivity contribution in [2.75, 3.05) is 5.75 Å². The molecule has 1 aromatic rings. The molecule has 1 fully saturated rings. The molecule has 1 aromatic carbocycles. The van der Waals surface area contributed by atoms with Gasteiger partial charge in [-0.2, -0.15) is 0 Å². The Hall–Kier alpha value is -1.79. The summed E-state index contributed by atoms with van der Waals surface area (Å²) < 4.78 is 5.35. The maximum absolute atomic E-state index is 11.9. The van der Waals surface area contributed by atoms with E-state index in [9.17, 15) is 15.0 Å². The van der Waals surface area contributed by atoms with Crippen LogP contribution < -0.4 is 0 Å². The number of phenols is 2. The van der Waals surface area contributed by atoms with E-state index in [2.05, 4.69) is 0 Å². The minimum Gasteiger partial charge on any atom is -0.508 e. The lowest BCUT2D eigenvalue weighted by atomic mass is 10.1. The highest BCUT2D eigenvalue weighted by Crippen LogP contribution is 2.39. The van der Waals surface area contributed by atoms with E-state index >= 15 is 0 Å². The molecule has 2 N–H and O–H groups in total. The van der Waals surface area contributed by atoms with Crippen molar-refractivity contribution in [1.82, 2.24) is 0 Å². The Morgan fingerprint density at radius 3 is 2.61 bits per heavy atom. The van der Waals surface area contributed by atoms with Crippen LogP contribution in [0, 0.1) is 0 Å². The molecule has 1 atom stereocenters. The van der Waals surface area contributed by atoms with Gasteiger partial charge in [-0.15, -0.1) is 0 Å². The highest BCUT2D eigenvalue weighted by Gasteiger charge is 2.16. The summed E-state index contributed by atoms with van der Waals surface area (Å²) in [5.74, 6) is 1.67. The largest absolute Gasteiger partial charge is 0.508 e. The summed E-state index contributed by atoms with van der Waals surface area (Å²) in [6.45, 7) is 3.69. The van der Waals surface area contributed by atoms with Gasteiger partial charge in [0.05, 0.1) is 0 Å². The molecule has 2 rings (SSSR count). The maximum Gasteiger partial charge on any atom is 0.310 e. The minimum absolute atomic E-state index is 0.0184. The van der Waals surface area contributed by atoms with E-state index in [4.69, 9.17) is 4.74 Å². The zero-order chi connectivity index (χ0) is 20.4. The number of aromatic hydroxyl groups is 2. The van der Waals surface area contributed by atoms with Gasteiger partial charge in [-0.05, 0) is 56.9 Å². The third kappa shape index (κ3) is 8.93. The van der Waals surface area contributed by atoms with Gasteiger partial charge < -0.3 is 14.9 Å².